The van der Waals surface area contributed by atoms with Gasteiger partial charge in [0, 0.05) is 11.1 Å². The van der Waals surface area contributed by atoms with Crippen LogP contribution in [0.4, 0.5) is 0 Å². The van der Waals surface area contributed by atoms with E-state index < -0.39 is 0 Å². The van der Waals surface area contributed by atoms with E-state index in [0.717, 1.165) is 21.0 Å². The van der Waals surface area contributed by atoms with E-state index in [2.05, 4.69) is 17.1 Å². The molecule has 3 aromatic rings. The number of thiophene rings is 1. The molecule has 2 nitrogen and oxygen atoms in total. The van der Waals surface area contributed by atoms with Gasteiger partial charge in [0.2, 0.25) is 0 Å². The monoisotopic (exact) mass is 253 g/mol. The lowest BCUT2D eigenvalue weighted by Gasteiger charge is -1.98. The molecule has 88 valence electrons. The Morgan fingerprint density at radius 3 is 2.56 bits per heavy atom. The molecule has 2 heterocycles. The Labute approximate surface area is 109 Å². The fourth-order valence-electron chi connectivity index (χ4n) is 1.80. The van der Waals surface area contributed by atoms with Gasteiger partial charge in [-0.15, -0.1) is 11.3 Å². The number of phenolic OH excluding ortho intramolecular Hbond substituents is 1. The first kappa shape index (κ1) is 11.0. The molecular weight excluding hydrogens is 242 g/mol. The molecule has 1 aromatic carbocycles. The van der Waals surface area contributed by atoms with Crippen LogP contribution in [0.3, 0.4) is 0 Å². The Morgan fingerprint density at radius 2 is 1.78 bits per heavy atom. The second-order valence-corrected chi connectivity index (χ2v) is 5.01. The van der Waals surface area contributed by atoms with Gasteiger partial charge in [0.05, 0.1) is 10.6 Å². The van der Waals surface area contributed by atoms with E-state index in [0.29, 0.717) is 5.75 Å². The molecule has 1 N–H and O–H groups in total. The molecule has 0 aliphatic heterocycles. The topological polar surface area (TPSA) is 33.1 Å². The van der Waals surface area contributed by atoms with E-state index in [4.69, 9.17) is 0 Å². The van der Waals surface area contributed by atoms with Crippen molar-refractivity contribution in [1.82, 2.24) is 4.98 Å². The van der Waals surface area contributed by atoms with Gasteiger partial charge in [0.25, 0.3) is 0 Å². The number of rotatable bonds is 2. The highest BCUT2D eigenvalue weighted by Crippen LogP contribution is 2.34. The maximum absolute atomic E-state index is 9.49. The highest BCUT2D eigenvalue weighted by molar-refractivity contribution is 7.18. The van der Waals surface area contributed by atoms with Gasteiger partial charge in [-0.2, -0.15) is 0 Å². The molecule has 0 fully saturated rings. The molecule has 0 radical (unpaired) electrons. The Bertz CT molecular complexity index is 661. The number of aromatic hydroxyl groups is 1. The smallest absolute Gasteiger partial charge is 0.116 e. The Balaban J connectivity index is 2.00. The number of aromatic nitrogens is 1. The zero-order chi connectivity index (χ0) is 12.4. The fourth-order valence-corrected chi connectivity index (χ4v) is 2.78. The maximum Gasteiger partial charge on any atom is 0.116 e. The lowest BCUT2D eigenvalue weighted by atomic mass is 10.2. The van der Waals surface area contributed by atoms with Crippen LogP contribution in [-0.2, 0) is 0 Å². The summed E-state index contributed by atoms with van der Waals surface area (Å²) in [5, 5.41) is 9.49. The van der Waals surface area contributed by atoms with Crippen molar-refractivity contribution < 1.29 is 5.11 Å². The minimum atomic E-state index is 0.292. The summed E-state index contributed by atoms with van der Waals surface area (Å²) in [6.45, 7) is 0. The summed E-state index contributed by atoms with van der Waals surface area (Å²) >= 11 is 1.67. The number of benzene rings is 1. The molecule has 0 saturated carbocycles. The summed E-state index contributed by atoms with van der Waals surface area (Å²) in [7, 11) is 0. The van der Waals surface area contributed by atoms with Crippen molar-refractivity contribution in [2.75, 3.05) is 0 Å². The van der Waals surface area contributed by atoms with Crippen molar-refractivity contribution in [3.8, 4) is 26.8 Å². The maximum atomic E-state index is 9.49. The van der Waals surface area contributed by atoms with Crippen LogP contribution in [0.25, 0.3) is 21.0 Å². The van der Waals surface area contributed by atoms with Crippen molar-refractivity contribution in [1.29, 1.82) is 0 Å². The second-order valence-electron chi connectivity index (χ2n) is 3.93. The van der Waals surface area contributed by atoms with Crippen LogP contribution in [0.5, 0.6) is 5.75 Å². The Hall–Kier alpha value is -2.13. The van der Waals surface area contributed by atoms with Gasteiger partial charge in [-0.1, -0.05) is 18.2 Å². The molecule has 0 atom stereocenters. The third kappa shape index (κ3) is 2.13. The van der Waals surface area contributed by atoms with Gasteiger partial charge >= 0.3 is 0 Å². The minimum Gasteiger partial charge on any atom is -0.508 e. The summed E-state index contributed by atoms with van der Waals surface area (Å²) < 4.78 is 0. The summed E-state index contributed by atoms with van der Waals surface area (Å²) in [6.07, 6.45) is 1.79. The average Bonchev–Trinajstić information content (AvgIpc) is 2.89. The van der Waals surface area contributed by atoms with Crippen LogP contribution in [0.2, 0.25) is 0 Å². The fraction of sp³-hybridized carbons (Fsp3) is 0. The van der Waals surface area contributed by atoms with Gasteiger partial charge in [0.15, 0.2) is 0 Å². The van der Waals surface area contributed by atoms with Crippen molar-refractivity contribution in [2.45, 2.75) is 0 Å². The highest BCUT2D eigenvalue weighted by Gasteiger charge is 2.05. The largest absolute Gasteiger partial charge is 0.508 e. The van der Waals surface area contributed by atoms with Crippen LogP contribution < -0.4 is 0 Å². The van der Waals surface area contributed by atoms with Gasteiger partial charge < -0.3 is 5.11 Å². The van der Waals surface area contributed by atoms with E-state index in [1.807, 2.05) is 30.3 Å². The predicted molar refractivity (Wildman–Crippen MR) is 74.7 cm³/mol. The summed E-state index contributed by atoms with van der Waals surface area (Å²) in [5.74, 6) is 0.292. The molecule has 0 aliphatic rings. The molecule has 0 bridgehead atoms. The molecule has 0 amide bonds. The first-order valence-corrected chi connectivity index (χ1v) is 6.45. The van der Waals surface area contributed by atoms with Crippen LogP contribution >= 0.6 is 11.3 Å². The van der Waals surface area contributed by atoms with E-state index in [1.54, 1.807) is 29.7 Å². The van der Waals surface area contributed by atoms with Crippen LogP contribution in [0.1, 0.15) is 0 Å². The normalized spacial score (nSPS) is 10.4. The molecule has 0 spiro atoms. The summed E-state index contributed by atoms with van der Waals surface area (Å²) in [5.41, 5.74) is 2.01. The van der Waals surface area contributed by atoms with Crippen molar-refractivity contribution in [3.05, 3.63) is 60.8 Å². The van der Waals surface area contributed by atoms with Crippen molar-refractivity contribution in [3.63, 3.8) is 0 Å². The molecule has 3 heteroatoms. The highest BCUT2D eigenvalue weighted by atomic mass is 32.1. The second kappa shape index (κ2) is 4.63. The first-order chi connectivity index (χ1) is 8.83. The molecule has 2 aromatic heterocycles. The van der Waals surface area contributed by atoms with Gasteiger partial charge in [-0.25, -0.2) is 0 Å². The molecule has 3 rings (SSSR count). The molecule has 0 saturated heterocycles. The molecular formula is C15H11NOS. The number of hydrogen-bond acceptors (Lipinski definition) is 3. The Kier molecular flexibility index (Phi) is 2.82. The number of phenols is 1. The summed E-state index contributed by atoms with van der Waals surface area (Å²) in [6, 6.07) is 17.3. The van der Waals surface area contributed by atoms with Gasteiger partial charge in [0.1, 0.15) is 5.75 Å². The predicted octanol–water partition coefficient (Wildman–Crippen LogP) is 4.18. The molecule has 0 aliphatic carbocycles. The summed E-state index contributed by atoms with van der Waals surface area (Å²) in [4.78, 5) is 6.60. The Morgan fingerprint density at radius 1 is 0.889 bits per heavy atom. The third-order valence-corrected chi connectivity index (χ3v) is 3.81. The average molecular weight is 253 g/mol. The molecule has 18 heavy (non-hydrogen) atoms. The standard InChI is InChI=1S/C15H11NOS/c17-12-5-3-4-11(10-12)14-7-8-15(18-14)13-6-1-2-9-16-13/h1-10,17H. The van der Waals surface area contributed by atoms with Crippen molar-refractivity contribution in [2.24, 2.45) is 0 Å². The van der Waals surface area contributed by atoms with E-state index in [9.17, 15) is 5.11 Å². The quantitative estimate of drug-likeness (QED) is 0.743. The van der Waals surface area contributed by atoms with Gasteiger partial charge in [-0.05, 0) is 42.0 Å². The number of hydrogen-bond donors (Lipinski definition) is 1. The van der Waals surface area contributed by atoms with Gasteiger partial charge in [-0.3, -0.25) is 4.98 Å². The van der Waals surface area contributed by atoms with E-state index in [-0.39, 0.29) is 0 Å². The van der Waals surface area contributed by atoms with E-state index >= 15 is 0 Å². The van der Waals surface area contributed by atoms with Crippen molar-refractivity contribution >= 4 is 11.3 Å². The number of pyridine rings is 1. The number of nitrogens with zero attached hydrogens (tertiary/aromatic N) is 1. The third-order valence-electron chi connectivity index (χ3n) is 2.65. The van der Waals surface area contributed by atoms with Crippen LogP contribution in [0, 0.1) is 0 Å². The van der Waals surface area contributed by atoms with E-state index in [1.165, 1.54) is 0 Å². The lowest BCUT2D eigenvalue weighted by molar-refractivity contribution is 0.475. The zero-order valence-electron chi connectivity index (χ0n) is 9.58. The van der Waals surface area contributed by atoms with Crippen LogP contribution in [-0.4, -0.2) is 10.1 Å². The zero-order valence-corrected chi connectivity index (χ0v) is 10.4. The molecule has 0 unspecified atom stereocenters. The van der Waals surface area contributed by atoms with Crippen LogP contribution in [0.15, 0.2) is 60.8 Å². The first-order valence-electron chi connectivity index (χ1n) is 5.63. The SMILES string of the molecule is Oc1cccc(-c2ccc(-c3ccccn3)s2)c1. The minimum absolute atomic E-state index is 0.292. The lowest BCUT2D eigenvalue weighted by Crippen LogP contribution is -1.75.